The Morgan fingerprint density at radius 3 is 2.35 bits per heavy atom. The first-order valence-corrected chi connectivity index (χ1v) is 7.80. The van der Waals surface area contributed by atoms with Crippen LogP contribution in [0.5, 0.6) is 0 Å². The van der Waals surface area contributed by atoms with Crippen molar-refractivity contribution in [2.45, 2.75) is 39.8 Å². The summed E-state index contributed by atoms with van der Waals surface area (Å²) in [4.78, 5) is 26.1. The van der Waals surface area contributed by atoms with Crippen molar-refractivity contribution in [1.82, 2.24) is 10.2 Å². The van der Waals surface area contributed by atoms with Crippen molar-refractivity contribution in [3.63, 3.8) is 0 Å². The van der Waals surface area contributed by atoms with Gasteiger partial charge in [0.1, 0.15) is 11.9 Å². The highest BCUT2D eigenvalue weighted by atomic mass is 19.1. The number of hydrogen-bond donors (Lipinski definition) is 2. The first-order chi connectivity index (χ1) is 10.9. The summed E-state index contributed by atoms with van der Waals surface area (Å²) in [5, 5.41) is 11.5. The van der Waals surface area contributed by atoms with E-state index in [1.54, 1.807) is 32.9 Å². The topological polar surface area (TPSA) is 69.6 Å². The van der Waals surface area contributed by atoms with Crippen LogP contribution >= 0.6 is 0 Å². The maximum absolute atomic E-state index is 13.0. The van der Waals surface area contributed by atoms with Crippen molar-refractivity contribution in [3.05, 3.63) is 35.6 Å². The van der Waals surface area contributed by atoms with Crippen LogP contribution < -0.4 is 5.32 Å². The van der Waals surface area contributed by atoms with Gasteiger partial charge in [-0.1, -0.05) is 26.0 Å². The lowest BCUT2D eigenvalue weighted by Crippen LogP contribution is -2.49. The molecule has 0 saturated carbocycles. The molecule has 0 radical (unpaired) electrons. The lowest BCUT2D eigenvalue weighted by molar-refractivity contribution is -0.143. The minimum Gasteiger partial charge on any atom is -0.396 e. The second-order valence-corrected chi connectivity index (χ2v) is 5.79. The number of nitrogens with one attached hydrogen (secondary N) is 1. The van der Waals surface area contributed by atoms with E-state index in [1.807, 2.05) is 0 Å². The highest BCUT2D eigenvalue weighted by Crippen LogP contribution is 2.13. The monoisotopic (exact) mass is 324 g/mol. The van der Waals surface area contributed by atoms with Gasteiger partial charge in [0.2, 0.25) is 11.8 Å². The molecule has 6 heteroatoms. The standard InChI is InChI=1S/C17H25FN2O3/c1-12(2)17(23)20(11-14-5-7-15(18)8-6-14)13(3)16(22)19-9-4-10-21/h5-8,12-13,21H,4,9-11H2,1-3H3,(H,19,22)/t13-/m1/s1. The Kier molecular flexibility index (Phi) is 7.68. The first kappa shape index (κ1) is 19.1. The number of benzene rings is 1. The second-order valence-electron chi connectivity index (χ2n) is 5.79. The summed E-state index contributed by atoms with van der Waals surface area (Å²) in [7, 11) is 0. The molecule has 23 heavy (non-hydrogen) atoms. The fraction of sp³-hybridized carbons (Fsp3) is 0.529. The van der Waals surface area contributed by atoms with Crippen LogP contribution in [0, 0.1) is 11.7 Å². The third-order valence-corrected chi connectivity index (χ3v) is 3.52. The van der Waals surface area contributed by atoms with Gasteiger partial charge in [-0.05, 0) is 31.0 Å². The molecule has 1 aromatic rings. The Bertz CT molecular complexity index is 517. The summed E-state index contributed by atoms with van der Waals surface area (Å²) < 4.78 is 13.0. The highest BCUT2D eigenvalue weighted by Gasteiger charge is 2.27. The minimum absolute atomic E-state index is 0.00111. The SMILES string of the molecule is CC(C)C(=O)N(Cc1ccc(F)cc1)[C@H](C)C(=O)NCCCO. The third-order valence-electron chi connectivity index (χ3n) is 3.52. The fourth-order valence-electron chi connectivity index (χ4n) is 2.10. The predicted octanol–water partition coefficient (Wildman–Crippen LogP) is 1.70. The fourth-order valence-corrected chi connectivity index (χ4v) is 2.10. The van der Waals surface area contributed by atoms with Crippen molar-refractivity contribution in [1.29, 1.82) is 0 Å². The lowest BCUT2D eigenvalue weighted by Gasteiger charge is -2.30. The van der Waals surface area contributed by atoms with Crippen LogP contribution in [-0.4, -0.2) is 41.0 Å². The van der Waals surface area contributed by atoms with Crippen LogP contribution in [0.15, 0.2) is 24.3 Å². The second kappa shape index (κ2) is 9.25. The Morgan fingerprint density at radius 1 is 1.22 bits per heavy atom. The molecule has 0 aromatic heterocycles. The molecule has 0 heterocycles. The van der Waals surface area contributed by atoms with E-state index in [1.165, 1.54) is 17.0 Å². The van der Waals surface area contributed by atoms with Gasteiger partial charge in [0.15, 0.2) is 0 Å². The summed E-state index contributed by atoms with van der Waals surface area (Å²) in [5.41, 5.74) is 0.760. The normalized spacial score (nSPS) is 12.1. The molecule has 0 saturated heterocycles. The number of carbonyl (C=O) groups excluding carboxylic acids is 2. The van der Waals surface area contributed by atoms with E-state index >= 15 is 0 Å². The summed E-state index contributed by atoms with van der Waals surface area (Å²) in [6.45, 7) is 5.82. The van der Waals surface area contributed by atoms with Gasteiger partial charge in [-0.2, -0.15) is 0 Å². The van der Waals surface area contributed by atoms with Gasteiger partial charge in [0.05, 0.1) is 0 Å². The number of hydrogen-bond acceptors (Lipinski definition) is 3. The summed E-state index contributed by atoms with van der Waals surface area (Å²) in [5.74, 6) is -0.998. The van der Waals surface area contributed by atoms with E-state index in [0.29, 0.717) is 13.0 Å². The van der Waals surface area contributed by atoms with Gasteiger partial charge in [-0.3, -0.25) is 9.59 Å². The van der Waals surface area contributed by atoms with E-state index in [4.69, 9.17) is 5.11 Å². The van der Waals surface area contributed by atoms with Gasteiger partial charge >= 0.3 is 0 Å². The molecule has 1 atom stereocenters. The maximum atomic E-state index is 13.0. The molecule has 2 amide bonds. The molecule has 0 fully saturated rings. The van der Waals surface area contributed by atoms with Crippen molar-refractivity contribution >= 4 is 11.8 Å². The van der Waals surface area contributed by atoms with E-state index < -0.39 is 6.04 Å². The molecule has 0 bridgehead atoms. The molecule has 0 aliphatic carbocycles. The maximum Gasteiger partial charge on any atom is 0.242 e. The van der Waals surface area contributed by atoms with Crippen molar-refractivity contribution in [2.24, 2.45) is 5.92 Å². The summed E-state index contributed by atoms with van der Waals surface area (Å²) in [6.07, 6.45) is 0.467. The number of carbonyl (C=O) groups is 2. The highest BCUT2D eigenvalue weighted by molar-refractivity contribution is 5.88. The molecule has 0 spiro atoms. The molecule has 0 unspecified atom stereocenters. The Labute approximate surface area is 136 Å². The van der Waals surface area contributed by atoms with Crippen LogP contribution in [0.2, 0.25) is 0 Å². The summed E-state index contributed by atoms with van der Waals surface area (Å²) >= 11 is 0. The zero-order valence-corrected chi connectivity index (χ0v) is 13.9. The predicted molar refractivity (Wildman–Crippen MR) is 86.0 cm³/mol. The van der Waals surface area contributed by atoms with Crippen molar-refractivity contribution in [3.8, 4) is 0 Å². The summed E-state index contributed by atoms with van der Waals surface area (Å²) in [6, 6.07) is 5.23. The average Bonchev–Trinajstić information content (AvgIpc) is 2.53. The molecule has 1 rings (SSSR count). The number of amides is 2. The molecule has 0 aliphatic rings. The molecule has 128 valence electrons. The van der Waals surface area contributed by atoms with E-state index in [9.17, 15) is 14.0 Å². The number of aliphatic hydroxyl groups is 1. The van der Waals surface area contributed by atoms with Gasteiger partial charge in [-0.15, -0.1) is 0 Å². The third kappa shape index (κ3) is 5.98. The van der Waals surface area contributed by atoms with E-state index in [-0.39, 0.29) is 36.7 Å². The van der Waals surface area contributed by atoms with Crippen LogP contribution in [0.1, 0.15) is 32.8 Å². The Morgan fingerprint density at radius 2 is 1.83 bits per heavy atom. The Balaban J connectivity index is 2.84. The lowest BCUT2D eigenvalue weighted by atomic mass is 10.1. The molecule has 0 aliphatic heterocycles. The smallest absolute Gasteiger partial charge is 0.242 e. The molecule has 2 N–H and O–H groups in total. The number of rotatable bonds is 8. The molecule has 5 nitrogen and oxygen atoms in total. The molecular weight excluding hydrogens is 299 g/mol. The quantitative estimate of drug-likeness (QED) is 0.715. The molecular formula is C17H25FN2O3. The van der Waals surface area contributed by atoms with Gasteiger partial charge in [0.25, 0.3) is 0 Å². The zero-order valence-electron chi connectivity index (χ0n) is 13.9. The number of nitrogens with zero attached hydrogens (tertiary/aromatic N) is 1. The molecule has 1 aromatic carbocycles. The Hall–Kier alpha value is -1.95. The average molecular weight is 324 g/mol. The van der Waals surface area contributed by atoms with Crippen molar-refractivity contribution < 1.29 is 19.1 Å². The largest absolute Gasteiger partial charge is 0.396 e. The van der Waals surface area contributed by atoms with E-state index in [0.717, 1.165) is 5.56 Å². The van der Waals surface area contributed by atoms with Gasteiger partial charge < -0.3 is 15.3 Å². The number of aliphatic hydroxyl groups excluding tert-OH is 1. The van der Waals surface area contributed by atoms with Crippen LogP contribution in [0.3, 0.4) is 0 Å². The van der Waals surface area contributed by atoms with Gasteiger partial charge in [0, 0.05) is 25.6 Å². The van der Waals surface area contributed by atoms with Crippen LogP contribution in [-0.2, 0) is 16.1 Å². The van der Waals surface area contributed by atoms with Crippen LogP contribution in [0.25, 0.3) is 0 Å². The van der Waals surface area contributed by atoms with Crippen LogP contribution in [0.4, 0.5) is 4.39 Å². The van der Waals surface area contributed by atoms with E-state index in [2.05, 4.69) is 5.32 Å². The van der Waals surface area contributed by atoms with Gasteiger partial charge in [-0.25, -0.2) is 4.39 Å². The first-order valence-electron chi connectivity index (χ1n) is 7.80. The zero-order chi connectivity index (χ0) is 17.4. The number of halogens is 1. The minimum atomic E-state index is -0.645. The van der Waals surface area contributed by atoms with Crippen molar-refractivity contribution in [2.75, 3.05) is 13.2 Å².